The monoisotopic (exact) mass is 388 g/mol. The Morgan fingerprint density at radius 3 is 2.52 bits per heavy atom. The quantitative estimate of drug-likeness (QED) is 0.740. The van der Waals surface area contributed by atoms with Gasteiger partial charge in [0.05, 0.1) is 12.0 Å². The molecule has 2 fully saturated rings. The van der Waals surface area contributed by atoms with Crippen molar-refractivity contribution in [3.63, 3.8) is 0 Å². The van der Waals surface area contributed by atoms with Gasteiger partial charge in [-0.2, -0.15) is 0 Å². The van der Waals surface area contributed by atoms with Crippen molar-refractivity contribution in [1.82, 2.24) is 9.80 Å². The Hall–Kier alpha value is -2.28. The second-order valence-corrected chi connectivity index (χ2v) is 7.88. The summed E-state index contributed by atoms with van der Waals surface area (Å²) in [5.41, 5.74) is 2.77. The lowest BCUT2D eigenvalue weighted by Crippen LogP contribution is -2.44. The fraction of sp³-hybridized carbons (Fsp3) is 0.450. The van der Waals surface area contributed by atoms with Crippen LogP contribution in [0.1, 0.15) is 36.0 Å². The molecule has 1 aromatic rings. The van der Waals surface area contributed by atoms with Crippen LogP contribution in [0.3, 0.4) is 0 Å². The molecule has 0 radical (unpaired) electrons. The van der Waals surface area contributed by atoms with E-state index in [0.717, 1.165) is 58.4 Å². The minimum atomic E-state index is -0.400. The lowest BCUT2D eigenvalue weighted by molar-refractivity contribution is -0.136. The first kappa shape index (κ1) is 19.5. The van der Waals surface area contributed by atoms with E-state index in [4.69, 9.17) is 4.74 Å². The van der Waals surface area contributed by atoms with E-state index in [1.807, 2.05) is 26.0 Å². The van der Waals surface area contributed by atoms with Crippen molar-refractivity contribution >= 4 is 34.9 Å². The van der Waals surface area contributed by atoms with Gasteiger partial charge in [-0.25, -0.2) is 0 Å². The standard InChI is InChI=1S/C20H24N2O4S/c1-13-10-16(26-3)14(2)9-15(13)11-17-19(24)22(20(25)27-17)12-18(23)21-7-5-4-6-8-21/h9-11H,4-8,12H2,1-3H3/b17-11-. The zero-order chi connectivity index (χ0) is 19.6. The molecule has 0 aliphatic carbocycles. The van der Waals surface area contributed by atoms with Gasteiger partial charge >= 0.3 is 0 Å². The van der Waals surface area contributed by atoms with Gasteiger partial charge in [0, 0.05) is 13.1 Å². The summed E-state index contributed by atoms with van der Waals surface area (Å²) in [4.78, 5) is 40.5. The lowest BCUT2D eigenvalue weighted by atomic mass is 10.0. The molecule has 0 N–H and O–H groups in total. The second-order valence-electron chi connectivity index (χ2n) is 6.89. The van der Waals surface area contributed by atoms with Crippen molar-refractivity contribution in [3.05, 3.63) is 33.7 Å². The van der Waals surface area contributed by atoms with E-state index in [2.05, 4.69) is 0 Å². The van der Waals surface area contributed by atoms with Crippen molar-refractivity contribution in [2.45, 2.75) is 33.1 Å². The average molecular weight is 388 g/mol. The van der Waals surface area contributed by atoms with Gasteiger partial charge in [0.2, 0.25) is 5.91 Å². The molecule has 3 amide bonds. The summed E-state index contributed by atoms with van der Waals surface area (Å²) in [5, 5.41) is -0.389. The molecule has 27 heavy (non-hydrogen) atoms. The molecule has 6 nitrogen and oxygen atoms in total. The van der Waals surface area contributed by atoms with Crippen LogP contribution in [0.4, 0.5) is 4.79 Å². The first-order valence-electron chi connectivity index (χ1n) is 9.09. The number of hydrogen-bond acceptors (Lipinski definition) is 5. The van der Waals surface area contributed by atoms with Crippen LogP contribution in [0.2, 0.25) is 0 Å². The predicted molar refractivity (Wildman–Crippen MR) is 106 cm³/mol. The van der Waals surface area contributed by atoms with Crippen LogP contribution in [0, 0.1) is 13.8 Å². The highest BCUT2D eigenvalue weighted by Gasteiger charge is 2.37. The Kier molecular flexibility index (Phi) is 5.89. The van der Waals surface area contributed by atoms with E-state index in [1.165, 1.54) is 0 Å². The summed E-state index contributed by atoms with van der Waals surface area (Å²) in [5.74, 6) is 0.225. The summed E-state index contributed by atoms with van der Waals surface area (Å²) in [6, 6.07) is 3.84. The van der Waals surface area contributed by atoms with Crippen molar-refractivity contribution in [2.75, 3.05) is 26.7 Å². The average Bonchev–Trinajstić information content (AvgIpc) is 2.92. The van der Waals surface area contributed by atoms with Crippen LogP contribution >= 0.6 is 11.8 Å². The van der Waals surface area contributed by atoms with Crippen molar-refractivity contribution in [1.29, 1.82) is 0 Å². The molecule has 2 aliphatic heterocycles. The van der Waals surface area contributed by atoms with Gasteiger partial charge in [-0.3, -0.25) is 19.3 Å². The van der Waals surface area contributed by atoms with Crippen molar-refractivity contribution in [3.8, 4) is 5.75 Å². The number of methoxy groups -OCH3 is 1. The third-order valence-electron chi connectivity index (χ3n) is 4.95. The molecule has 144 valence electrons. The summed E-state index contributed by atoms with van der Waals surface area (Å²) in [6.45, 7) is 5.09. The number of amides is 3. The second kappa shape index (κ2) is 8.17. The third-order valence-corrected chi connectivity index (χ3v) is 5.85. The Bertz CT molecular complexity index is 812. The van der Waals surface area contributed by atoms with E-state index < -0.39 is 5.91 Å². The molecule has 0 aromatic heterocycles. The summed E-state index contributed by atoms with van der Waals surface area (Å²) < 4.78 is 5.31. The maximum atomic E-state index is 12.7. The highest BCUT2D eigenvalue weighted by atomic mass is 32.2. The largest absolute Gasteiger partial charge is 0.496 e. The van der Waals surface area contributed by atoms with Crippen LogP contribution in [0.25, 0.3) is 6.08 Å². The molecule has 0 atom stereocenters. The van der Waals surface area contributed by atoms with Gasteiger partial charge in [0.25, 0.3) is 11.1 Å². The number of hydrogen-bond donors (Lipinski definition) is 0. The van der Waals surface area contributed by atoms with Crippen LogP contribution in [0.15, 0.2) is 17.0 Å². The number of piperidine rings is 1. The molecule has 7 heteroatoms. The highest BCUT2D eigenvalue weighted by Crippen LogP contribution is 2.34. The van der Waals surface area contributed by atoms with Gasteiger partial charge < -0.3 is 9.64 Å². The molecule has 0 bridgehead atoms. The van der Waals surface area contributed by atoms with E-state index in [0.29, 0.717) is 18.0 Å². The number of imide groups is 1. The van der Waals surface area contributed by atoms with Gasteiger partial charge in [-0.15, -0.1) is 0 Å². The minimum Gasteiger partial charge on any atom is -0.496 e. The molecule has 2 saturated heterocycles. The molecule has 2 aliphatic rings. The van der Waals surface area contributed by atoms with E-state index in [-0.39, 0.29) is 17.7 Å². The molecule has 1 aromatic carbocycles. The fourth-order valence-electron chi connectivity index (χ4n) is 3.34. The Labute approximate surface area is 163 Å². The first-order valence-corrected chi connectivity index (χ1v) is 9.90. The van der Waals surface area contributed by atoms with Gasteiger partial charge in [0.1, 0.15) is 12.3 Å². The maximum absolute atomic E-state index is 12.7. The van der Waals surface area contributed by atoms with Gasteiger partial charge in [0.15, 0.2) is 0 Å². The van der Waals surface area contributed by atoms with Crippen molar-refractivity contribution in [2.24, 2.45) is 0 Å². The van der Waals surface area contributed by atoms with Gasteiger partial charge in [-0.05, 0) is 79.8 Å². The third kappa shape index (κ3) is 4.18. The number of benzene rings is 1. The molecule has 0 spiro atoms. The van der Waals surface area contributed by atoms with Crippen LogP contribution in [-0.2, 0) is 9.59 Å². The minimum absolute atomic E-state index is 0.158. The number of rotatable bonds is 4. The molecule has 0 unspecified atom stereocenters. The Morgan fingerprint density at radius 1 is 1.15 bits per heavy atom. The number of nitrogens with zero attached hydrogens (tertiary/aromatic N) is 2. The molecule has 2 heterocycles. The molecular weight excluding hydrogens is 364 g/mol. The molecule has 0 saturated carbocycles. The van der Waals surface area contributed by atoms with Crippen LogP contribution in [-0.4, -0.2) is 53.6 Å². The maximum Gasteiger partial charge on any atom is 0.294 e. The Morgan fingerprint density at radius 2 is 1.85 bits per heavy atom. The van der Waals surface area contributed by atoms with Crippen LogP contribution < -0.4 is 4.74 Å². The first-order chi connectivity index (χ1) is 12.9. The molecular formula is C20H24N2O4S. The smallest absolute Gasteiger partial charge is 0.294 e. The fourth-order valence-corrected chi connectivity index (χ4v) is 4.17. The zero-order valence-corrected chi connectivity index (χ0v) is 16.7. The topological polar surface area (TPSA) is 66.9 Å². The number of aryl methyl sites for hydroxylation is 2. The van der Waals surface area contributed by atoms with E-state index >= 15 is 0 Å². The summed E-state index contributed by atoms with van der Waals surface area (Å²) in [6.07, 6.45) is 4.79. The van der Waals surface area contributed by atoms with Gasteiger partial charge in [-0.1, -0.05) is 0 Å². The normalized spacial score (nSPS) is 19.1. The molecule has 3 rings (SSSR count). The zero-order valence-electron chi connectivity index (χ0n) is 15.9. The summed E-state index contributed by atoms with van der Waals surface area (Å²) in [7, 11) is 1.62. The summed E-state index contributed by atoms with van der Waals surface area (Å²) >= 11 is 0.886. The lowest BCUT2D eigenvalue weighted by Gasteiger charge is -2.27. The number of carbonyl (C=O) groups excluding carboxylic acids is 3. The Balaban J connectivity index is 1.76. The number of carbonyl (C=O) groups is 3. The predicted octanol–water partition coefficient (Wildman–Crippen LogP) is 3.36. The van der Waals surface area contributed by atoms with E-state index in [1.54, 1.807) is 18.1 Å². The van der Waals surface area contributed by atoms with Crippen LogP contribution in [0.5, 0.6) is 5.75 Å². The van der Waals surface area contributed by atoms with E-state index in [9.17, 15) is 14.4 Å². The highest BCUT2D eigenvalue weighted by molar-refractivity contribution is 8.18. The SMILES string of the molecule is COc1cc(C)c(/C=C2\SC(=O)N(CC(=O)N3CCCCC3)C2=O)cc1C. The number of thioether (sulfide) groups is 1. The van der Waals surface area contributed by atoms with Crippen molar-refractivity contribution < 1.29 is 19.1 Å². The number of likely N-dealkylation sites (tertiary alicyclic amines) is 1. The number of ether oxygens (including phenoxy) is 1.